The van der Waals surface area contributed by atoms with Crippen LogP contribution >= 0.6 is 27.7 Å². The zero-order valence-electron chi connectivity index (χ0n) is 11.7. The molecule has 0 heterocycles. The molecular formula is C17H17BrOS. The van der Waals surface area contributed by atoms with Gasteiger partial charge in [-0.2, -0.15) is 0 Å². The van der Waals surface area contributed by atoms with Crippen LogP contribution in [0.2, 0.25) is 0 Å². The van der Waals surface area contributed by atoms with Gasteiger partial charge in [0.1, 0.15) is 5.78 Å². The molecule has 2 aromatic carbocycles. The Kier molecular flexibility index (Phi) is 5.44. The molecule has 0 fully saturated rings. The van der Waals surface area contributed by atoms with Gasteiger partial charge in [-0.3, -0.25) is 4.79 Å². The largest absolute Gasteiger partial charge is 0.298 e. The molecule has 0 bridgehead atoms. The summed E-state index contributed by atoms with van der Waals surface area (Å²) in [5.74, 6) is 0.797. The van der Waals surface area contributed by atoms with Crippen LogP contribution in [0.1, 0.15) is 16.7 Å². The number of ketones is 1. The Morgan fingerprint density at radius 2 is 1.65 bits per heavy atom. The highest BCUT2D eigenvalue weighted by Crippen LogP contribution is 2.22. The van der Waals surface area contributed by atoms with E-state index in [2.05, 4.69) is 41.9 Å². The third-order valence-corrected chi connectivity index (χ3v) is 4.83. The molecule has 0 aliphatic heterocycles. The van der Waals surface area contributed by atoms with Crippen LogP contribution in [0.5, 0.6) is 0 Å². The molecule has 0 N–H and O–H groups in total. The van der Waals surface area contributed by atoms with Crippen molar-refractivity contribution in [3.8, 4) is 0 Å². The first-order chi connectivity index (χ1) is 9.56. The van der Waals surface area contributed by atoms with E-state index in [1.54, 1.807) is 11.8 Å². The number of hydrogen-bond donors (Lipinski definition) is 0. The van der Waals surface area contributed by atoms with Crippen LogP contribution in [0, 0.1) is 13.8 Å². The van der Waals surface area contributed by atoms with Crippen molar-refractivity contribution in [2.45, 2.75) is 25.2 Å². The Morgan fingerprint density at radius 3 is 2.25 bits per heavy atom. The summed E-state index contributed by atoms with van der Waals surface area (Å²) in [5, 5.41) is 0. The van der Waals surface area contributed by atoms with Crippen LogP contribution in [-0.2, 0) is 11.2 Å². The highest BCUT2D eigenvalue weighted by atomic mass is 79.9. The van der Waals surface area contributed by atoms with E-state index in [4.69, 9.17) is 0 Å². The van der Waals surface area contributed by atoms with Gasteiger partial charge in [0.05, 0.1) is 5.75 Å². The highest BCUT2D eigenvalue weighted by molar-refractivity contribution is 9.10. The Labute approximate surface area is 132 Å². The summed E-state index contributed by atoms with van der Waals surface area (Å²) in [7, 11) is 0. The van der Waals surface area contributed by atoms with Crippen molar-refractivity contribution >= 4 is 33.5 Å². The standard InChI is InChI=1S/C17H17BrOS/c1-12-4-3-5-13(2)17(12)10-15(19)11-20-16-8-6-14(18)7-9-16/h3-9H,10-11H2,1-2H3. The smallest absolute Gasteiger partial charge is 0.147 e. The molecule has 0 saturated carbocycles. The second kappa shape index (κ2) is 7.09. The topological polar surface area (TPSA) is 17.1 Å². The first-order valence-electron chi connectivity index (χ1n) is 6.51. The molecule has 3 heteroatoms. The third-order valence-electron chi connectivity index (χ3n) is 3.23. The van der Waals surface area contributed by atoms with E-state index in [-0.39, 0.29) is 5.78 Å². The highest BCUT2D eigenvalue weighted by Gasteiger charge is 2.09. The quantitative estimate of drug-likeness (QED) is 0.709. The average Bonchev–Trinajstić information content (AvgIpc) is 2.42. The number of carbonyl (C=O) groups is 1. The molecular weight excluding hydrogens is 332 g/mol. The average molecular weight is 349 g/mol. The Morgan fingerprint density at radius 1 is 1.05 bits per heavy atom. The minimum absolute atomic E-state index is 0.273. The molecule has 0 atom stereocenters. The normalized spacial score (nSPS) is 10.6. The molecule has 104 valence electrons. The van der Waals surface area contributed by atoms with Gasteiger partial charge in [0, 0.05) is 15.8 Å². The van der Waals surface area contributed by atoms with Crippen LogP contribution in [0.3, 0.4) is 0 Å². The minimum atomic E-state index is 0.273. The zero-order chi connectivity index (χ0) is 14.5. The third kappa shape index (κ3) is 4.22. The predicted octanol–water partition coefficient (Wildman–Crippen LogP) is 4.97. The summed E-state index contributed by atoms with van der Waals surface area (Å²) in [6.45, 7) is 4.13. The van der Waals surface area contributed by atoms with Gasteiger partial charge in [0.15, 0.2) is 0 Å². The predicted molar refractivity (Wildman–Crippen MR) is 89.5 cm³/mol. The number of benzene rings is 2. The van der Waals surface area contributed by atoms with Crippen molar-refractivity contribution in [2.24, 2.45) is 0 Å². The summed E-state index contributed by atoms with van der Waals surface area (Å²) in [4.78, 5) is 13.3. The number of aryl methyl sites for hydroxylation is 2. The number of carbonyl (C=O) groups excluding carboxylic acids is 1. The number of thioether (sulfide) groups is 1. The SMILES string of the molecule is Cc1cccc(C)c1CC(=O)CSc1ccc(Br)cc1. The van der Waals surface area contributed by atoms with Crippen molar-refractivity contribution in [1.82, 2.24) is 0 Å². The van der Waals surface area contributed by atoms with Crippen LogP contribution in [0.15, 0.2) is 51.8 Å². The van der Waals surface area contributed by atoms with Gasteiger partial charge in [-0.15, -0.1) is 11.8 Å². The van der Waals surface area contributed by atoms with Gasteiger partial charge < -0.3 is 0 Å². The van der Waals surface area contributed by atoms with Crippen LogP contribution in [0.25, 0.3) is 0 Å². The lowest BCUT2D eigenvalue weighted by Gasteiger charge is -2.08. The van der Waals surface area contributed by atoms with Crippen molar-refractivity contribution in [2.75, 3.05) is 5.75 Å². The Hall–Kier alpha value is -1.06. The lowest BCUT2D eigenvalue weighted by Crippen LogP contribution is -2.08. The van der Waals surface area contributed by atoms with Gasteiger partial charge >= 0.3 is 0 Å². The second-order valence-corrected chi connectivity index (χ2v) is 6.79. The van der Waals surface area contributed by atoms with E-state index in [9.17, 15) is 4.79 Å². The van der Waals surface area contributed by atoms with Crippen LogP contribution in [0.4, 0.5) is 0 Å². The van der Waals surface area contributed by atoms with E-state index in [0.29, 0.717) is 12.2 Å². The fourth-order valence-electron chi connectivity index (χ4n) is 2.07. The molecule has 0 amide bonds. The van der Waals surface area contributed by atoms with Crippen LogP contribution in [-0.4, -0.2) is 11.5 Å². The van der Waals surface area contributed by atoms with E-state index in [1.807, 2.05) is 30.3 Å². The monoisotopic (exact) mass is 348 g/mol. The van der Waals surface area contributed by atoms with Gasteiger partial charge in [-0.1, -0.05) is 34.1 Å². The molecule has 0 unspecified atom stereocenters. The fourth-order valence-corrected chi connectivity index (χ4v) is 3.09. The Balaban J connectivity index is 1.94. The molecule has 0 aromatic heterocycles. The molecule has 0 aliphatic carbocycles. The summed E-state index contributed by atoms with van der Waals surface area (Å²) < 4.78 is 1.06. The zero-order valence-corrected chi connectivity index (χ0v) is 14.1. The van der Waals surface area contributed by atoms with E-state index in [0.717, 1.165) is 9.37 Å². The first-order valence-corrected chi connectivity index (χ1v) is 8.29. The van der Waals surface area contributed by atoms with Crippen LogP contribution < -0.4 is 0 Å². The maximum absolute atomic E-state index is 12.1. The second-order valence-electron chi connectivity index (χ2n) is 4.83. The van der Waals surface area contributed by atoms with Gasteiger partial charge in [-0.05, 0) is 54.8 Å². The molecule has 0 saturated heterocycles. The van der Waals surface area contributed by atoms with E-state index < -0.39 is 0 Å². The molecule has 2 rings (SSSR count). The molecule has 0 spiro atoms. The molecule has 1 nitrogen and oxygen atoms in total. The van der Waals surface area contributed by atoms with Crippen molar-refractivity contribution < 1.29 is 4.79 Å². The van der Waals surface area contributed by atoms with E-state index in [1.165, 1.54) is 16.7 Å². The summed E-state index contributed by atoms with van der Waals surface area (Å²) in [6.07, 6.45) is 0.530. The molecule has 0 aliphatic rings. The first kappa shape index (κ1) is 15.3. The van der Waals surface area contributed by atoms with Crippen molar-refractivity contribution in [1.29, 1.82) is 0 Å². The van der Waals surface area contributed by atoms with Gasteiger partial charge in [0.2, 0.25) is 0 Å². The number of halogens is 1. The number of hydrogen-bond acceptors (Lipinski definition) is 2. The number of rotatable bonds is 5. The lowest BCUT2D eigenvalue weighted by molar-refractivity contribution is -0.116. The number of Topliss-reactive ketones (excluding diaryl/α,β-unsaturated/α-hetero) is 1. The molecule has 20 heavy (non-hydrogen) atoms. The molecule has 0 radical (unpaired) electrons. The van der Waals surface area contributed by atoms with E-state index >= 15 is 0 Å². The minimum Gasteiger partial charge on any atom is -0.298 e. The summed E-state index contributed by atoms with van der Waals surface area (Å²) in [5.41, 5.74) is 3.58. The molecule has 2 aromatic rings. The van der Waals surface area contributed by atoms with Crippen molar-refractivity contribution in [3.05, 3.63) is 63.6 Å². The Bertz CT molecular complexity index is 585. The fraction of sp³-hybridized carbons (Fsp3) is 0.235. The van der Waals surface area contributed by atoms with Gasteiger partial charge in [-0.25, -0.2) is 0 Å². The lowest BCUT2D eigenvalue weighted by atomic mass is 9.99. The maximum Gasteiger partial charge on any atom is 0.147 e. The summed E-state index contributed by atoms with van der Waals surface area (Å²) in [6, 6.07) is 14.2. The maximum atomic E-state index is 12.1. The van der Waals surface area contributed by atoms with Crippen molar-refractivity contribution in [3.63, 3.8) is 0 Å². The summed E-state index contributed by atoms with van der Waals surface area (Å²) >= 11 is 5.01. The van der Waals surface area contributed by atoms with Gasteiger partial charge in [0.25, 0.3) is 0 Å².